The standard InChI is InChI=1S/C22H26N2O2/c1-23(2)12-11-18-13-24(19-15-25-16-19)20-9-6-10-21(22(18)20)26-14-17-7-4-3-5-8-17/h3-10,13,19H,11-12,14-16H2,1-2H3. The van der Waals surface area contributed by atoms with Gasteiger partial charge >= 0.3 is 0 Å². The fourth-order valence-electron chi connectivity index (χ4n) is 3.43. The maximum atomic E-state index is 6.24. The van der Waals surface area contributed by atoms with Crippen molar-refractivity contribution in [3.05, 3.63) is 65.9 Å². The van der Waals surface area contributed by atoms with E-state index >= 15 is 0 Å². The summed E-state index contributed by atoms with van der Waals surface area (Å²) in [7, 11) is 4.23. The van der Waals surface area contributed by atoms with Crippen molar-refractivity contribution in [2.45, 2.75) is 19.1 Å². The Morgan fingerprint density at radius 1 is 1.08 bits per heavy atom. The second kappa shape index (κ2) is 7.52. The van der Waals surface area contributed by atoms with E-state index in [2.05, 4.69) is 72.2 Å². The first kappa shape index (κ1) is 17.1. The predicted molar refractivity (Wildman–Crippen MR) is 105 cm³/mol. The smallest absolute Gasteiger partial charge is 0.129 e. The monoisotopic (exact) mass is 350 g/mol. The van der Waals surface area contributed by atoms with Gasteiger partial charge in [0.1, 0.15) is 12.4 Å². The molecule has 1 aliphatic heterocycles. The lowest BCUT2D eigenvalue weighted by atomic mass is 10.1. The summed E-state index contributed by atoms with van der Waals surface area (Å²) in [6.07, 6.45) is 3.31. The molecule has 4 nitrogen and oxygen atoms in total. The average Bonchev–Trinajstić information content (AvgIpc) is 2.97. The Bertz CT molecular complexity index is 866. The number of aromatic nitrogens is 1. The molecule has 2 aromatic carbocycles. The molecule has 26 heavy (non-hydrogen) atoms. The zero-order chi connectivity index (χ0) is 17.9. The summed E-state index contributed by atoms with van der Waals surface area (Å²) in [4.78, 5) is 2.23. The molecule has 0 radical (unpaired) electrons. The van der Waals surface area contributed by atoms with Gasteiger partial charge in [0, 0.05) is 18.1 Å². The van der Waals surface area contributed by atoms with Gasteiger partial charge < -0.3 is 18.9 Å². The zero-order valence-electron chi connectivity index (χ0n) is 15.5. The molecule has 4 rings (SSSR count). The van der Waals surface area contributed by atoms with E-state index in [0.29, 0.717) is 12.6 Å². The van der Waals surface area contributed by atoms with Crippen LogP contribution < -0.4 is 4.74 Å². The fourth-order valence-corrected chi connectivity index (χ4v) is 3.43. The van der Waals surface area contributed by atoms with Gasteiger partial charge in [-0.05, 0) is 43.8 Å². The van der Waals surface area contributed by atoms with Crippen molar-refractivity contribution in [1.29, 1.82) is 0 Å². The molecular weight excluding hydrogens is 324 g/mol. The first-order valence-electron chi connectivity index (χ1n) is 9.24. The molecule has 0 spiro atoms. The van der Waals surface area contributed by atoms with Crippen LogP contribution in [0.15, 0.2) is 54.7 Å². The molecule has 1 aromatic heterocycles. The lowest BCUT2D eigenvalue weighted by Gasteiger charge is -2.28. The van der Waals surface area contributed by atoms with Gasteiger partial charge in [-0.25, -0.2) is 0 Å². The average molecular weight is 350 g/mol. The summed E-state index contributed by atoms with van der Waals surface area (Å²) in [6, 6.07) is 17.2. The number of likely N-dealkylation sites (N-methyl/N-ethyl adjacent to an activating group) is 1. The van der Waals surface area contributed by atoms with Crippen LogP contribution in [0.3, 0.4) is 0 Å². The molecular formula is C22H26N2O2. The van der Waals surface area contributed by atoms with Crippen LogP contribution in [0.2, 0.25) is 0 Å². The third kappa shape index (κ3) is 3.48. The number of nitrogens with zero attached hydrogens (tertiary/aromatic N) is 2. The highest BCUT2D eigenvalue weighted by atomic mass is 16.5. The quantitative estimate of drug-likeness (QED) is 0.647. The van der Waals surface area contributed by atoms with Crippen LogP contribution in [0.25, 0.3) is 10.9 Å². The normalized spacial score (nSPS) is 14.7. The van der Waals surface area contributed by atoms with Gasteiger partial charge in [0.25, 0.3) is 0 Å². The summed E-state index contributed by atoms with van der Waals surface area (Å²) in [5.74, 6) is 0.971. The van der Waals surface area contributed by atoms with Crippen molar-refractivity contribution in [1.82, 2.24) is 9.47 Å². The first-order valence-corrected chi connectivity index (χ1v) is 9.24. The minimum absolute atomic E-state index is 0.440. The van der Waals surface area contributed by atoms with Gasteiger partial charge in [-0.3, -0.25) is 0 Å². The molecule has 2 heterocycles. The van der Waals surface area contributed by atoms with E-state index in [1.54, 1.807) is 0 Å². The first-order chi connectivity index (χ1) is 12.7. The van der Waals surface area contributed by atoms with Crippen LogP contribution in [0.4, 0.5) is 0 Å². The van der Waals surface area contributed by atoms with Gasteiger partial charge in [-0.1, -0.05) is 36.4 Å². The Labute approximate surface area is 154 Å². The minimum atomic E-state index is 0.440. The molecule has 0 N–H and O–H groups in total. The van der Waals surface area contributed by atoms with E-state index in [-0.39, 0.29) is 0 Å². The Hall–Kier alpha value is -2.30. The molecule has 1 aliphatic rings. The lowest BCUT2D eigenvalue weighted by Crippen LogP contribution is -2.30. The predicted octanol–water partition coefficient (Wildman–Crippen LogP) is 3.90. The molecule has 1 fully saturated rings. The molecule has 0 unspecified atom stereocenters. The lowest BCUT2D eigenvalue weighted by molar-refractivity contribution is -0.0214. The molecule has 0 aliphatic carbocycles. The Morgan fingerprint density at radius 2 is 1.88 bits per heavy atom. The van der Waals surface area contributed by atoms with Crippen molar-refractivity contribution in [3.8, 4) is 5.75 Å². The van der Waals surface area contributed by atoms with Gasteiger partial charge in [0.05, 0.1) is 24.8 Å². The van der Waals surface area contributed by atoms with Crippen LogP contribution in [0, 0.1) is 0 Å². The second-order valence-electron chi connectivity index (χ2n) is 7.23. The van der Waals surface area contributed by atoms with Crippen molar-refractivity contribution >= 4 is 10.9 Å². The van der Waals surface area contributed by atoms with Crippen molar-refractivity contribution < 1.29 is 9.47 Å². The van der Waals surface area contributed by atoms with Gasteiger partial charge in [-0.15, -0.1) is 0 Å². The number of fused-ring (bicyclic) bond motifs is 1. The van der Waals surface area contributed by atoms with E-state index in [9.17, 15) is 0 Å². The second-order valence-corrected chi connectivity index (χ2v) is 7.23. The van der Waals surface area contributed by atoms with E-state index in [4.69, 9.17) is 9.47 Å². The summed E-state index contributed by atoms with van der Waals surface area (Å²) < 4.78 is 14.0. The fraction of sp³-hybridized carbons (Fsp3) is 0.364. The zero-order valence-corrected chi connectivity index (χ0v) is 15.5. The molecule has 0 amide bonds. The van der Waals surface area contributed by atoms with Crippen molar-refractivity contribution in [2.75, 3.05) is 33.9 Å². The molecule has 0 atom stereocenters. The Kier molecular flexibility index (Phi) is 4.96. The Balaban J connectivity index is 1.68. The van der Waals surface area contributed by atoms with Crippen LogP contribution >= 0.6 is 0 Å². The number of benzene rings is 2. The number of hydrogen-bond donors (Lipinski definition) is 0. The third-order valence-electron chi connectivity index (χ3n) is 4.98. The van der Waals surface area contributed by atoms with Crippen molar-refractivity contribution in [3.63, 3.8) is 0 Å². The van der Waals surface area contributed by atoms with Gasteiger partial charge in [0.15, 0.2) is 0 Å². The van der Waals surface area contributed by atoms with E-state index in [0.717, 1.165) is 31.9 Å². The van der Waals surface area contributed by atoms with Crippen LogP contribution in [0.5, 0.6) is 5.75 Å². The minimum Gasteiger partial charge on any atom is -0.488 e. The highest BCUT2D eigenvalue weighted by Crippen LogP contribution is 2.35. The number of ether oxygens (including phenoxy) is 2. The van der Waals surface area contributed by atoms with Gasteiger partial charge in [0.2, 0.25) is 0 Å². The highest BCUT2D eigenvalue weighted by Gasteiger charge is 2.24. The SMILES string of the molecule is CN(C)CCc1cn(C2COC2)c2cccc(OCc3ccccc3)c12. The van der Waals surface area contributed by atoms with Gasteiger partial charge in [-0.2, -0.15) is 0 Å². The van der Waals surface area contributed by atoms with E-state index in [1.807, 2.05) is 6.07 Å². The largest absolute Gasteiger partial charge is 0.488 e. The Morgan fingerprint density at radius 3 is 2.58 bits per heavy atom. The van der Waals surface area contributed by atoms with E-state index < -0.39 is 0 Å². The summed E-state index contributed by atoms with van der Waals surface area (Å²) in [6.45, 7) is 3.20. The topological polar surface area (TPSA) is 26.6 Å². The summed E-state index contributed by atoms with van der Waals surface area (Å²) >= 11 is 0. The number of rotatable bonds is 7. The maximum Gasteiger partial charge on any atom is 0.129 e. The molecule has 4 heteroatoms. The maximum absolute atomic E-state index is 6.24. The van der Waals surface area contributed by atoms with E-state index in [1.165, 1.54) is 22.0 Å². The molecule has 136 valence electrons. The molecule has 0 bridgehead atoms. The summed E-state index contributed by atoms with van der Waals surface area (Å²) in [5, 5.41) is 1.25. The summed E-state index contributed by atoms with van der Waals surface area (Å²) in [5.41, 5.74) is 3.79. The number of hydrogen-bond acceptors (Lipinski definition) is 3. The van der Waals surface area contributed by atoms with Crippen LogP contribution in [-0.2, 0) is 17.8 Å². The molecule has 1 saturated heterocycles. The highest BCUT2D eigenvalue weighted by molar-refractivity contribution is 5.90. The molecule has 3 aromatic rings. The van der Waals surface area contributed by atoms with Crippen molar-refractivity contribution in [2.24, 2.45) is 0 Å². The van der Waals surface area contributed by atoms with Crippen LogP contribution in [0.1, 0.15) is 17.2 Å². The van der Waals surface area contributed by atoms with Crippen LogP contribution in [-0.4, -0.2) is 43.3 Å². The third-order valence-corrected chi connectivity index (χ3v) is 4.98. The molecule has 0 saturated carbocycles.